The molecule has 0 aliphatic carbocycles. The molecular weight excluding hydrogens is 374 g/mol. The lowest BCUT2D eigenvalue weighted by atomic mass is 10.2. The summed E-state index contributed by atoms with van der Waals surface area (Å²) in [6.07, 6.45) is 1.74. The number of carbonyl (C=O) groups excluding carboxylic acids is 1. The van der Waals surface area contributed by atoms with E-state index in [1.54, 1.807) is 24.4 Å². The molecule has 0 atom stereocenters. The van der Waals surface area contributed by atoms with Crippen molar-refractivity contribution in [3.63, 3.8) is 0 Å². The molecule has 0 aliphatic rings. The number of halogens is 1. The van der Waals surface area contributed by atoms with Crippen molar-refractivity contribution in [2.24, 2.45) is 0 Å². The van der Waals surface area contributed by atoms with Crippen molar-refractivity contribution in [1.82, 2.24) is 10.3 Å². The molecule has 0 unspecified atom stereocenters. The van der Waals surface area contributed by atoms with E-state index in [9.17, 15) is 4.79 Å². The van der Waals surface area contributed by atoms with Crippen molar-refractivity contribution < 1.29 is 4.79 Å². The van der Waals surface area contributed by atoms with Gasteiger partial charge in [-0.15, -0.1) is 0 Å². The molecule has 3 rings (SSSR count). The van der Waals surface area contributed by atoms with Gasteiger partial charge < -0.3 is 5.32 Å². The first kappa shape index (κ1) is 15.6. The Morgan fingerprint density at radius 1 is 1.09 bits per heavy atom. The number of amides is 1. The zero-order valence-corrected chi connectivity index (χ0v) is 14.3. The summed E-state index contributed by atoms with van der Waals surface area (Å²) in [5, 5.41) is 6.91. The van der Waals surface area contributed by atoms with Crippen LogP contribution in [0.2, 0.25) is 0 Å². The van der Waals surface area contributed by atoms with E-state index in [1.807, 2.05) is 36.4 Å². The summed E-state index contributed by atoms with van der Waals surface area (Å²) in [6.45, 7) is 0. The number of pyridine rings is 1. The third-order valence-corrected chi connectivity index (χ3v) is 3.91. The third-order valence-electron chi connectivity index (χ3n) is 3.21. The topological polar surface area (TPSA) is 54.0 Å². The van der Waals surface area contributed by atoms with Gasteiger partial charge in [0, 0.05) is 27.3 Å². The lowest BCUT2D eigenvalue weighted by molar-refractivity contribution is 0.0977. The SMILES string of the molecule is O=C(NC(=S)Nc1cccc2ncccc12)c1cccc(Br)c1. The highest BCUT2D eigenvalue weighted by Gasteiger charge is 2.09. The van der Waals surface area contributed by atoms with E-state index in [2.05, 4.69) is 31.5 Å². The van der Waals surface area contributed by atoms with Gasteiger partial charge >= 0.3 is 0 Å². The monoisotopic (exact) mass is 385 g/mol. The number of aromatic nitrogens is 1. The van der Waals surface area contributed by atoms with Gasteiger partial charge in [0.1, 0.15) is 0 Å². The molecular formula is C17H12BrN3OS. The Kier molecular flexibility index (Phi) is 4.64. The fourth-order valence-corrected chi connectivity index (χ4v) is 2.77. The van der Waals surface area contributed by atoms with Crippen LogP contribution in [0.25, 0.3) is 10.9 Å². The first-order valence-corrected chi connectivity index (χ1v) is 8.05. The van der Waals surface area contributed by atoms with Crippen molar-refractivity contribution in [2.75, 3.05) is 5.32 Å². The molecule has 0 saturated heterocycles. The molecule has 2 N–H and O–H groups in total. The van der Waals surface area contributed by atoms with Crippen molar-refractivity contribution in [3.8, 4) is 0 Å². The van der Waals surface area contributed by atoms with Crippen LogP contribution in [0.4, 0.5) is 5.69 Å². The van der Waals surface area contributed by atoms with Crippen LogP contribution in [0.3, 0.4) is 0 Å². The lowest BCUT2D eigenvalue weighted by Gasteiger charge is -2.11. The van der Waals surface area contributed by atoms with Gasteiger partial charge in [0.05, 0.1) is 5.52 Å². The van der Waals surface area contributed by atoms with Crippen molar-refractivity contribution >= 4 is 55.8 Å². The summed E-state index contributed by atoms with van der Waals surface area (Å²) >= 11 is 8.58. The normalized spacial score (nSPS) is 10.3. The summed E-state index contributed by atoms with van der Waals surface area (Å²) in [6, 6.07) is 16.6. The number of anilines is 1. The van der Waals surface area contributed by atoms with E-state index in [1.165, 1.54) is 0 Å². The molecule has 0 bridgehead atoms. The molecule has 1 aromatic heterocycles. The largest absolute Gasteiger partial charge is 0.332 e. The standard InChI is InChI=1S/C17H12BrN3OS/c18-12-5-1-4-11(10-12)16(22)21-17(23)20-15-8-2-7-14-13(15)6-3-9-19-14/h1-10H,(H2,20,21,22,23). The highest BCUT2D eigenvalue weighted by Crippen LogP contribution is 2.21. The Bertz CT molecular complexity index is 892. The summed E-state index contributed by atoms with van der Waals surface area (Å²) in [7, 11) is 0. The molecule has 0 fully saturated rings. The predicted octanol–water partition coefficient (Wildman–Crippen LogP) is 4.12. The quantitative estimate of drug-likeness (QED) is 0.651. The van der Waals surface area contributed by atoms with E-state index in [0.29, 0.717) is 5.56 Å². The molecule has 0 saturated carbocycles. The maximum atomic E-state index is 12.2. The van der Waals surface area contributed by atoms with Crippen molar-refractivity contribution in [1.29, 1.82) is 0 Å². The van der Waals surface area contributed by atoms with E-state index in [0.717, 1.165) is 21.1 Å². The van der Waals surface area contributed by atoms with Crippen LogP contribution in [0, 0.1) is 0 Å². The van der Waals surface area contributed by atoms with Crippen LogP contribution < -0.4 is 10.6 Å². The average Bonchev–Trinajstić information content (AvgIpc) is 2.55. The van der Waals surface area contributed by atoms with Crippen LogP contribution >= 0.6 is 28.1 Å². The minimum absolute atomic E-state index is 0.242. The Hall–Kier alpha value is -2.31. The molecule has 1 heterocycles. The number of rotatable bonds is 2. The van der Waals surface area contributed by atoms with Crippen LogP contribution in [0.15, 0.2) is 65.3 Å². The highest BCUT2D eigenvalue weighted by molar-refractivity contribution is 9.10. The van der Waals surface area contributed by atoms with Gasteiger partial charge in [0.15, 0.2) is 5.11 Å². The zero-order valence-electron chi connectivity index (χ0n) is 11.9. The van der Waals surface area contributed by atoms with Crippen LogP contribution in [-0.2, 0) is 0 Å². The number of nitrogens with one attached hydrogen (secondary N) is 2. The number of benzene rings is 2. The molecule has 0 spiro atoms. The predicted molar refractivity (Wildman–Crippen MR) is 99.6 cm³/mol. The Labute approximate surface area is 147 Å². The van der Waals surface area contributed by atoms with Crippen LogP contribution in [0.1, 0.15) is 10.4 Å². The number of nitrogens with zero attached hydrogens (tertiary/aromatic N) is 1. The van der Waals surface area contributed by atoms with E-state index in [4.69, 9.17) is 12.2 Å². The molecule has 23 heavy (non-hydrogen) atoms. The zero-order chi connectivity index (χ0) is 16.2. The first-order valence-electron chi connectivity index (χ1n) is 6.85. The van der Waals surface area contributed by atoms with E-state index < -0.39 is 0 Å². The smallest absolute Gasteiger partial charge is 0.257 e. The minimum atomic E-state index is -0.262. The summed E-state index contributed by atoms with van der Waals surface area (Å²) in [5.41, 5.74) is 2.19. The number of hydrogen-bond acceptors (Lipinski definition) is 3. The average molecular weight is 386 g/mol. The van der Waals surface area contributed by atoms with Gasteiger partial charge in [0.25, 0.3) is 5.91 Å². The third kappa shape index (κ3) is 3.72. The van der Waals surface area contributed by atoms with Crippen molar-refractivity contribution in [2.45, 2.75) is 0 Å². The second kappa shape index (κ2) is 6.85. The van der Waals surface area contributed by atoms with Gasteiger partial charge in [-0.2, -0.15) is 0 Å². The van der Waals surface area contributed by atoms with Gasteiger partial charge in [-0.1, -0.05) is 28.1 Å². The molecule has 0 radical (unpaired) electrons. The van der Waals surface area contributed by atoms with Gasteiger partial charge in [-0.25, -0.2) is 0 Å². The van der Waals surface area contributed by atoms with E-state index >= 15 is 0 Å². The lowest BCUT2D eigenvalue weighted by Crippen LogP contribution is -2.34. The van der Waals surface area contributed by atoms with Crippen molar-refractivity contribution in [3.05, 3.63) is 70.8 Å². The van der Waals surface area contributed by atoms with Gasteiger partial charge in [0.2, 0.25) is 0 Å². The second-order valence-corrected chi connectivity index (χ2v) is 6.12. The Morgan fingerprint density at radius 3 is 2.74 bits per heavy atom. The van der Waals surface area contributed by atoms with Gasteiger partial charge in [-0.3, -0.25) is 15.1 Å². The number of carbonyl (C=O) groups is 1. The second-order valence-electron chi connectivity index (χ2n) is 4.79. The van der Waals surface area contributed by atoms with Gasteiger partial charge in [-0.05, 0) is 54.7 Å². The summed E-state index contributed by atoms with van der Waals surface area (Å²) in [4.78, 5) is 16.5. The Morgan fingerprint density at radius 2 is 1.91 bits per heavy atom. The maximum Gasteiger partial charge on any atom is 0.257 e. The fourth-order valence-electron chi connectivity index (χ4n) is 2.17. The number of hydrogen-bond donors (Lipinski definition) is 2. The first-order chi connectivity index (χ1) is 11.1. The molecule has 3 aromatic rings. The molecule has 6 heteroatoms. The minimum Gasteiger partial charge on any atom is -0.332 e. The molecule has 0 aliphatic heterocycles. The molecule has 1 amide bonds. The fraction of sp³-hybridized carbons (Fsp3) is 0. The summed E-state index contributed by atoms with van der Waals surface area (Å²) < 4.78 is 0.837. The maximum absolute atomic E-state index is 12.2. The molecule has 2 aromatic carbocycles. The van der Waals surface area contributed by atoms with Crippen LogP contribution in [-0.4, -0.2) is 16.0 Å². The number of thiocarbonyl (C=S) groups is 1. The summed E-state index contributed by atoms with van der Waals surface area (Å²) in [5.74, 6) is -0.262. The molecule has 114 valence electrons. The number of fused-ring (bicyclic) bond motifs is 1. The van der Waals surface area contributed by atoms with Crippen LogP contribution in [0.5, 0.6) is 0 Å². The molecule has 4 nitrogen and oxygen atoms in total. The highest BCUT2D eigenvalue weighted by atomic mass is 79.9. The van der Waals surface area contributed by atoms with E-state index in [-0.39, 0.29) is 11.0 Å². The Balaban J connectivity index is 1.75.